The quantitative estimate of drug-likeness (QED) is 0.859. The molecule has 128 valence electrons. The highest BCUT2D eigenvalue weighted by Gasteiger charge is 2.32. The van der Waals surface area contributed by atoms with Crippen molar-refractivity contribution in [2.45, 2.75) is 26.1 Å². The number of esters is 1. The summed E-state index contributed by atoms with van der Waals surface area (Å²) in [6.07, 6.45) is -3.75. The van der Waals surface area contributed by atoms with Crippen molar-refractivity contribution >= 4 is 29.4 Å². The minimum absolute atomic E-state index is 0. The van der Waals surface area contributed by atoms with Crippen molar-refractivity contribution in [3.63, 3.8) is 0 Å². The van der Waals surface area contributed by atoms with Crippen LogP contribution in [0, 0.1) is 0 Å². The van der Waals surface area contributed by atoms with E-state index in [9.17, 15) is 18.0 Å². The second-order valence-corrected chi connectivity index (χ2v) is 4.84. The van der Waals surface area contributed by atoms with Gasteiger partial charge in [-0.15, -0.1) is 12.4 Å². The van der Waals surface area contributed by atoms with Crippen LogP contribution >= 0.6 is 12.4 Å². The van der Waals surface area contributed by atoms with Gasteiger partial charge in [0, 0.05) is 24.2 Å². The predicted molar refractivity (Wildman–Crippen MR) is 81.7 cm³/mol. The summed E-state index contributed by atoms with van der Waals surface area (Å²) >= 11 is 0. The molecule has 0 unspecified atom stereocenters. The minimum atomic E-state index is -4.49. The molecule has 1 atom stereocenters. The molecule has 5 nitrogen and oxygen atoms in total. The molecule has 0 aliphatic carbocycles. The summed E-state index contributed by atoms with van der Waals surface area (Å²) in [5.74, 6) is -0.616. The van der Waals surface area contributed by atoms with Crippen LogP contribution in [0.4, 0.5) is 13.2 Å². The van der Waals surface area contributed by atoms with Crippen LogP contribution in [0.2, 0.25) is 0 Å². The van der Waals surface area contributed by atoms with E-state index in [0.29, 0.717) is 0 Å². The minimum Gasteiger partial charge on any atom is -0.461 e. The Morgan fingerprint density at radius 2 is 2.09 bits per heavy atom. The molecule has 0 fully saturated rings. The number of nitrogens with two attached hydrogens (primary N) is 1. The van der Waals surface area contributed by atoms with Crippen molar-refractivity contribution in [3.8, 4) is 0 Å². The molecule has 2 rings (SSSR count). The zero-order valence-electron chi connectivity index (χ0n) is 12.6. The lowest BCUT2D eigenvalue weighted by Crippen LogP contribution is -2.21. The summed E-state index contributed by atoms with van der Waals surface area (Å²) in [5.41, 5.74) is 5.16. The number of hydrogen-bond acceptors (Lipinski definition) is 4. The third-order valence-corrected chi connectivity index (χ3v) is 3.27. The normalized spacial score (nSPS) is 12.8. The Morgan fingerprint density at radius 1 is 1.43 bits per heavy atom. The molecular weight excluding hydrogens is 335 g/mol. The van der Waals surface area contributed by atoms with Crippen LogP contribution in [-0.2, 0) is 10.9 Å². The molecule has 0 aliphatic heterocycles. The van der Waals surface area contributed by atoms with Crippen molar-refractivity contribution < 1.29 is 22.7 Å². The summed E-state index contributed by atoms with van der Waals surface area (Å²) in [5, 5.41) is 0.221. The Labute approximate surface area is 137 Å². The predicted octanol–water partition coefficient (Wildman–Crippen LogP) is 3.17. The second kappa shape index (κ2) is 7.18. The molecule has 23 heavy (non-hydrogen) atoms. The average Bonchev–Trinajstić information content (AvgIpc) is 2.84. The number of halogens is 4. The highest BCUT2D eigenvalue weighted by atomic mass is 35.5. The third kappa shape index (κ3) is 3.76. The molecule has 9 heteroatoms. The van der Waals surface area contributed by atoms with Gasteiger partial charge in [0.05, 0.1) is 12.2 Å². The van der Waals surface area contributed by atoms with Crippen LogP contribution in [0.5, 0.6) is 0 Å². The van der Waals surface area contributed by atoms with E-state index in [1.807, 2.05) is 0 Å². The molecule has 2 N–H and O–H groups in total. The number of rotatable bonds is 4. The monoisotopic (exact) mass is 351 g/mol. The molecule has 0 bridgehead atoms. The topological polar surface area (TPSA) is 70.1 Å². The number of ether oxygens (including phenoxy) is 1. The number of aromatic nitrogens is 2. The van der Waals surface area contributed by atoms with E-state index in [1.165, 1.54) is 10.6 Å². The average molecular weight is 352 g/mol. The van der Waals surface area contributed by atoms with Crippen LogP contribution in [0.1, 0.15) is 35.9 Å². The van der Waals surface area contributed by atoms with E-state index in [0.717, 1.165) is 12.3 Å². The van der Waals surface area contributed by atoms with Crippen molar-refractivity contribution in [3.05, 3.63) is 29.6 Å². The molecule has 0 saturated carbocycles. The van der Waals surface area contributed by atoms with E-state index in [-0.39, 0.29) is 48.3 Å². The summed E-state index contributed by atoms with van der Waals surface area (Å²) in [7, 11) is 0. The number of pyridine rings is 1. The zero-order chi connectivity index (χ0) is 16.5. The van der Waals surface area contributed by atoms with E-state index < -0.39 is 17.7 Å². The van der Waals surface area contributed by atoms with Gasteiger partial charge < -0.3 is 15.0 Å². The Hall–Kier alpha value is -1.80. The first-order chi connectivity index (χ1) is 10.3. The van der Waals surface area contributed by atoms with E-state index in [4.69, 9.17) is 10.5 Å². The second-order valence-electron chi connectivity index (χ2n) is 4.84. The van der Waals surface area contributed by atoms with Gasteiger partial charge in [-0.25, -0.2) is 9.78 Å². The fraction of sp³-hybridized carbons (Fsp3) is 0.429. The first-order valence-electron chi connectivity index (χ1n) is 6.75. The number of carbonyl (C=O) groups excluding carboxylic acids is 1. The smallest absolute Gasteiger partial charge is 0.417 e. The van der Waals surface area contributed by atoms with Gasteiger partial charge in [0.1, 0.15) is 11.3 Å². The number of alkyl halides is 3. The molecule has 0 amide bonds. The van der Waals surface area contributed by atoms with Gasteiger partial charge >= 0.3 is 12.1 Å². The fourth-order valence-electron chi connectivity index (χ4n) is 2.18. The molecular formula is C14H17ClF3N3O2. The van der Waals surface area contributed by atoms with Crippen LogP contribution in [0.3, 0.4) is 0 Å². The van der Waals surface area contributed by atoms with E-state index >= 15 is 0 Å². The molecule has 2 heterocycles. The van der Waals surface area contributed by atoms with E-state index in [2.05, 4.69) is 4.98 Å². The zero-order valence-corrected chi connectivity index (χ0v) is 13.4. The first kappa shape index (κ1) is 19.2. The number of fused-ring (bicyclic) bond motifs is 1. The summed E-state index contributed by atoms with van der Waals surface area (Å²) in [6, 6.07) is 2.01. The molecule has 0 saturated heterocycles. The highest BCUT2D eigenvalue weighted by molar-refractivity contribution is 5.94. The number of nitrogens with zero attached hydrogens (tertiary/aromatic N) is 2. The van der Waals surface area contributed by atoms with Crippen molar-refractivity contribution in [2.75, 3.05) is 13.2 Å². The maximum absolute atomic E-state index is 12.8. The Balaban J connectivity index is 0.00000264. The maximum atomic E-state index is 12.8. The van der Waals surface area contributed by atoms with Crippen molar-refractivity contribution in [2.24, 2.45) is 5.73 Å². The molecule has 0 aromatic carbocycles. The van der Waals surface area contributed by atoms with Gasteiger partial charge in [0.15, 0.2) is 0 Å². The van der Waals surface area contributed by atoms with Crippen molar-refractivity contribution in [1.29, 1.82) is 0 Å². The van der Waals surface area contributed by atoms with E-state index in [1.54, 1.807) is 13.8 Å². The number of carbonyl (C=O) groups is 1. The van der Waals surface area contributed by atoms with Gasteiger partial charge in [-0.3, -0.25) is 0 Å². The van der Waals surface area contributed by atoms with Crippen molar-refractivity contribution in [1.82, 2.24) is 9.55 Å². The third-order valence-electron chi connectivity index (χ3n) is 3.27. The Morgan fingerprint density at radius 3 is 2.61 bits per heavy atom. The number of hydrogen-bond donors (Lipinski definition) is 1. The summed E-state index contributed by atoms with van der Waals surface area (Å²) in [4.78, 5) is 15.9. The molecule has 0 aliphatic rings. The fourth-order valence-corrected chi connectivity index (χ4v) is 2.18. The van der Waals surface area contributed by atoms with Crippen LogP contribution in [-0.4, -0.2) is 28.7 Å². The first-order valence-corrected chi connectivity index (χ1v) is 6.75. The van der Waals surface area contributed by atoms with Crippen LogP contribution < -0.4 is 5.73 Å². The largest absolute Gasteiger partial charge is 0.461 e. The highest BCUT2D eigenvalue weighted by Crippen LogP contribution is 2.32. The summed E-state index contributed by atoms with van der Waals surface area (Å²) in [6.45, 7) is 3.77. The maximum Gasteiger partial charge on any atom is 0.417 e. The molecule has 2 aromatic rings. The lowest BCUT2D eigenvalue weighted by Gasteiger charge is -2.15. The SMILES string of the molecule is CCOC(=O)c1cc2cc(C(F)(F)F)cnc2n1[C@H](C)CN.Cl. The molecule has 2 aromatic heterocycles. The van der Waals surface area contributed by atoms with Gasteiger partial charge in [0.25, 0.3) is 0 Å². The molecule has 0 radical (unpaired) electrons. The Bertz CT molecular complexity index is 700. The Kier molecular flexibility index (Phi) is 6.01. The van der Waals surface area contributed by atoms with Gasteiger partial charge in [-0.05, 0) is 26.0 Å². The van der Waals surface area contributed by atoms with Crippen LogP contribution in [0.15, 0.2) is 18.3 Å². The van der Waals surface area contributed by atoms with Gasteiger partial charge in [-0.1, -0.05) is 0 Å². The van der Waals surface area contributed by atoms with Gasteiger partial charge in [-0.2, -0.15) is 13.2 Å². The lowest BCUT2D eigenvalue weighted by molar-refractivity contribution is -0.137. The molecule has 0 spiro atoms. The standard InChI is InChI=1S/C14H16F3N3O2.ClH/c1-3-22-13(21)11-5-9-4-10(14(15,16)17)7-19-12(9)20(11)8(2)6-18;/h4-5,7-8H,3,6,18H2,1-2H3;1H/t8-;/m1./s1. The van der Waals surface area contributed by atoms with Gasteiger partial charge in [0.2, 0.25) is 0 Å². The lowest BCUT2D eigenvalue weighted by atomic mass is 10.2. The van der Waals surface area contributed by atoms with Crippen LogP contribution in [0.25, 0.3) is 11.0 Å². The summed E-state index contributed by atoms with van der Waals surface area (Å²) < 4.78 is 44.8.